The first-order valence-corrected chi connectivity index (χ1v) is 8.54. The minimum Gasteiger partial charge on any atom is -0.497 e. The van der Waals surface area contributed by atoms with Crippen molar-refractivity contribution in [3.8, 4) is 5.75 Å². The molecule has 1 amide bonds. The van der Waals surface area contributed by atoms with Crippen molar-refractivity contribution >= 4 is 28.9 Å². The third kappa shape index (κ3) is 4.62. The lowest BCUT2D eigenvalue weighted by molar-refractivity contribution is -0.384. The van der Waals surface area contributed by atoms with Gasteiger partial charge in [0.25, 0.3) is 11.6 Å². The van der Waals surface area contributed by atoms with Crippen LogP contribution in [0, 0.1) is 10.1 Å². The summed E-state index contributed by atoms with van der Waals surface area (Å²) in [6.45, 7) is 0. The maximum atomic E-state index is 13.0. The normalized spacial score (nSPS) is 11.0. The Morgan fingerprint density at radius 3 is 2.36 bits per heavy atom. The number of nitro groups is 1. The summed E-state index contributed by atoms with van der Waals surface area (Å²) in [5.74, 6) is 0.344. The van der Waals surface area contributed by atoms with E-state index in [0.29, 0.717) is 22.6 Å². The number of rotatable bonds is 6. The summed E-state index contributed by atoms with van der Waals surface area (Å²) >= 11 is 0. The van der Waals surface area contributed by atoms with Crippen LogP contribution in [0.15, 0.2) is 78.9 Å². The van der Waals surface area contributed by atoms with Crippen molar-refractivity contribution < 1.29 is 14.5 Å². The number of nitrogens with zero attached hydrogens (tertiary/aromatic N) is 1. The van der Waals surface area contributed by atoms with Gasteiger partial charge in [-0.25, -0.2) is 0 Å². The zero-order valence-corrected chi connectivity index (χ0v) is 15.2. The predicted octanol–water partition coefficient (Wildman–Crippen LogP) is 4.78. The minimum atomic E-state index is -0.457. The molecule has 6 nitrogen and oxygen atoms in total. The van der Waals surface area contributed by atoms with Gasteiger partial charge in [-0.15, -0.1) is 0 Å². The first kappa shape index (κ1) is 18.8. The van der Waals surface area contributed by atoms with E-state index in [4.69, 9.17) is 4.74 Å². The molecule has 0 bridgehead atoms. The quantitative estimate of drug-likeness (QED) is 0.291. The lowest BCUT2D eigenvalue weighted by atomic mass is 10.0. The highest BCUT2D eigenvalue weighted by Gasteiger charge is 2.13. The number of non-ortho nitro benzene ring substituents is 1. The van der Waals surface area contributed by atoms with E-state index in [1.54, 1.807) is 49.6 Å². The van der Waals surface area contributed by atoms with Gasteiger partial charge >= 0.3 is 0 Å². The number of nitro benzene ring substituents is 1. The molecule has 0 aliphatic carbocycles. The number of carbonyl (C=O) groups excluding carboxylic acids is 1. The molecule has 0 heterocycles. The maximum absolute atomic E-state index is 13.0. The van der Waals surface area contributed by atoms with Crippen LogP contribution in [-0.4, -0.2) is 17.9 Å². The molecule has 0 radical (unpaired) electrons. The van der Waals surface area contributed by atoms with Gasteiger partial charge in [0.2, 0.25) is 0 Å². The van der Waals surface area contributed by atoms with Crippen LogP contribution < -0.4 is 10.1 Å². The van der Waals surface area contributed by atoms with Crippen LogP contribution >= 0.6 is 0 Å². The number of methoxy groups -OCH3 is 1. The van der Waals surface area contributed by atoms with Crippen molar-refractivity contribution in [2.45, 2.75) is 0 Å². The molecule has 1 N–H and O–H groups in total. The molecule has 28 heavy (non-hydrogen) atoms. The van der Waals surface area contributed by atoms with Crippen LogP contribution in [0.25, 0.3) is 11.6 Å². The van der Waals surface area contributed by atoms with E-state index in [2.05, 4.69) is 5.32 Å². The van der Waals surface area contributed by atoms with E-state index in [9.17, 15) is 14.9 Å². The first-order chi connectivity index (χ1) is 13.6. The number of hydrogen-bond acceptors (Lipinski definition) is 4. The molecular weight excluding hydrogens is 356 g/mol. The van der Waals surface area contributed by atoms with E-state index in [1.165, 1.54) is 12.1 Å². The van der Waals surface area contributed by atoms with E-state index < -0.39 is 4.92 Å². The van der Waals surface area contributed by atoms with E-state index in [-0.39, 0.29) is 11.6 Å². The third-order valence-corrected chi connectivity index (χ3v) is 4.07. The number of amides is 1. The predicted molar refractivity (Wildman–Crippen MR) is 109 cm³/mol. The molecule has 0 aliphatic rings. The Balaban J connectivity index is 1.94. The van der Waals surface area contributed by atoms with E-state index in [1.807, 2.05) is 30.3 Å². The maximum Gasteiger partial charge on any atom is 0.269 e. The van der Waals surface area contributed by atoms with Crippen LogP contribution in [0.1, 0.15) is 11.1 Å². The molecule has 3 rings (SSSR count). The van der Waals surface area contributed by atoms with E-state index >= 15 is 0 Å². The van der Waals surface area contributed by atoms with Crippen LogP contribution in [0.3, 0.4) is 0 Å². The zero-order valence-electron chi connectivity index (χ0n) is 15.2. The summed E-state index contributed by atoms with van der Waals surface area (Å²) in [5, 5.41) is 13.7. The number of hydrogen-bond donors (Lipinski definition) is 1. The number of benzene rings is 3. The fourth-order valence-corrected chi connectivity index (χ4v) is 2.66. The Morgan fingerprint density at radius 2 is 1.71 bits per heavy atom. The molecule has 140 valence electrons. The molecule has 0 fully saturated rings. The zero-order chi connectivity index (χ0) is 19.9. The van der Waals surface area contributed by atoms with Crippen molar-refractivity contribution in [3.05, 3.63) is 100 Å². The van der Waals surface area contributed by atoms with Gasteiger partial charge in [0.1, 0.15) is 5.75 Å². The second-order valence-electron chi connectivity index (χ2n) is 5.96. The third-order valence-electron chi connectivity index (χ3n) is 4.07. The molecule has 0 saturated carbocycles. The van der Waals surface area contributed by atoms with Gasteiger partial charge in [-0.3, -0.25) is 14.9 Å². The van der Waals surface area contributed by atoms with Gasteiger partial charge in [0.05, 0.1) is 12.0 Å². The Hall–Kier alpha value is -3.93. The molecule has 0 unspecified atom stereocenters. The molecule has 0 saturated heterocycles. The Morgan fingerprint density at radius 1 is 1.00 bits per heavy atom. The standard InChI is InChI=1S/C22H18N2O4/c1-28-20-9-5-8-18(15-20)23-22(25)21(17-6-3-2-4-7-17)14-16-10-12-19(13-11-16)24(26)27/h2-15H,1H3,(H,23,25)/b21-14+. The number of ether oxygens (including phenoxy) is 1. The summed E-state index contributed by atoms with van der Waals surface area (Å²) in [4.78, 5) is 23.3. The van der Waals surface area contributed by atoms with Crippen LogP contribution in [0.2, 0.25) is 0 Å². The van der Waals surface area contributed by atoms with Gasteiger partial charge < -0.3 is 10.1 Å². The fourth-order valence-electron chi connectivity index (χ4n) is 2.66. The molecule has 3 aromatic carbocycles. The second-order valence-corrected chi connectivity index (χ2v) is 5.96. The number of anilines is 1. The molecule has 0 atom stereocenters. The fraction of sp³-hybridized carbons (Fsp3) is 0.0455. The molecule has 0 aromatic heterocycles. The average Bonchev–Trinajstić information content (AvgIpc) is 2.73. The summed E-state index contributed by atoms with van der Waals surface area (Å²) < 4.78 is 5.19. The molecular formula is C22H18N2O4. The first-order valence-electron chi connectivity index (χ1n) is 8.54. The smallest absolute Gasteiger partial charge is 0.269 e. The SMILES string of the molecule is COc1cccc(NC(=O)/C(=C/c2ccc([N+](=O)[O-])cc2)c2ccccc2)c1. The summed E-state index contributed by atoms with van der Waals surface area (Å²) in [5.41, 5.74) is 2.47. The lowest BCUT2D eigenvalue weighted by Gasteiger charge is -2.11. The van der Waals surface area contributed by atoms with Gasteiger partial charge in [0, 0.05) is 29.5 Å². The Labute approximate surface area is 162 Å². The number of nitrogens with one attached hydrogen (secondary N) is 1. The monoisotopic (exact) mass is 374 g/mol. The Kier molecular flexibility index (Phi) is 5.81. The summed E-state index contributed by atoms with van der Waals surface area (Å²) in [6.07, 6.45) is 1.70. The molecule has 6 heteroatoms. The van der Waals surface area contributed by atoms with E-state index in [0.717, 1.165) is 5.56 Å². The minimum absolute atomic E-state index is 0.000701. The highest BCUT2D eigenvalue weighted by Crippen LogP contribution is 2.23. The summed E-state index contributed by atoms with van der Waals surface area (Å²) in [6, 6.07) is 22.4. The van der Waals surface area contributed by atoms with Gasteiger partial charge in [-0.05, 0) is 41.5 Å². The average molecular weight is 374 g/mol. The van der Waals surface area contributed by atoms with Crippen molar-refractivity contribution in [1.82, 2.24) is 0 Å². The topological polar surface area (TPSA) is 81.5 Å². The molecule has 3 aromatic rings. The lowest BCUT2D eigenvalue weighted by Crippen LogP contribution is -2.13. The molecule has 0 spiro atoms. The van der Waals surface area contributed by atoms with Crippen LogP contribution in [-0.2, 0) is 4.79 Å². The van der Waals surface area contributed by atoms with Gasteiger partial charge in [-0.2, -0.15) is 0 Å². The van der Waals surface area contributed by atoms with Crippen LogP contribution in [0.5, 0.6) is 5.75 Å². The second kappa shape index (κ2) is 8.64. The van der Waals surface area contributed by atoms with Crippen molar-refractivity contribution in [3.63, 3.8) is 0 Å². The largest absolute Gasteiger partial charge is 0.497 e. The summed E-state index contributed by atoms with van der Waals surface area (Å²) in [7, 11) is 1.56. The number of carbonyl (C=O) groups is 1. The van der Waals surface area contributed by atoms with Crippen molar-refractivity contribution in [2.24, 2.45) is 0 Å². The van der Waals surface area contributed by atoms with Crippen molar-refractivity contribution in [1.29, 1.82) is 0 Å². The van der Waals surface area contributed by atoms with Crippen molar-refractivity contribution in [2.75, 3.05) is 12.4 Å². The highest BCUT2D eigenvalue weighted by molar-refractivity contribution is 6.29. The molecule has 0 aliphatic heterocycles. The highest BCUT2D eigenvalue weighted by atomic mass is 16.6. The van der Waals surface area contributed by atoms with Gasteiger partial charge in [-0.1, -0.05) is 36.4 Å². The Bertz CT molecular complexity index is 1010. The van der Waals surface area contributed by atoms with Crippen LogP contribution in [0.4, 0.5) is 11.4 Å². The van der Waals surface area contributed by atoms with Gasteiger partial charge in [0.15, 0.2) is 0 Å².